The molecule has 3 rings (SSSR count). The quantitative estimate of drug-likeness (QED) is 0.833. The van der Waals surface area contributed by atoms with Crippen LogP contribution in [0, 0.1) is 0 Å². The van der Waals surface area contributed by atoms with Crippen molar-refractivity contribution in [2.75, 3.05) is 27.3 Å². The smallest absolute Gasteiger partial charge is 0.274 e. The molecule has 8 nitrogen and oxygen atoms in total. The minimum Gasteiger partial charge on any atom is -0.497 e. The normalized spacial score (nSPS) is 14.7. The number of amides is 2. The van der Waals surface area contributed by atoms with Gasteiger partial charge in [-0.25, -0.2) is 0 Å². The van der Waals surface area contributed by atoms with Crippen molar-refractivity contribution in [2.45, 2.75) is 25.8 Å². The van der Waals surface area contributed by atoms with Crippen LogP contribution in [0.25, 0.3) is 11.3 Å². The maximum absolute atomic E-state index is 12.4. The fourth-order valence-corrected chi connectivity index (χ4v) is 3.06. The number of nitrogens with one attached hydrogen (secondary N) is 1. The van der Waals surface area contributed by atoms with Gasteiger partial charge in [0.2, 0.25) is 5.91 Å². The molecule has 2 aromatic rings. The van der Waals surface area contributed by atoms with Gasteiger partial charge in [-0.05, 0) is 38.0 Å². The zero-order valence-corrected chi connectivity index (χ0v) is 15.7. The molecule has 0 spiro atoms. The van der Waals surface area contributed by atoms with Gasteiger partial charge in [-0.1, -0.05) is 5.16 Å². The van der Waals surface area contributed by atoms with E-state index in [1.54, 1.807) is 44.2 Å². The Hall–Kier alpha value is -3.03. The fourth-order valence-electron chi connectivity index (χ4n) is 3.06. The molecule has 1 aromatic heterocycles. The third-order valence-electron chi connectivity index (χ3n) is 4.55. The van der Waals surface area contributed by atoms with E-state index >= 15 is 0 Å². The summed E-state index contributed by atoms with van der Waals surface area (Å²) in [5.41, 5.74) is 0.709. The van der Waals surface area contributed by atoms with Crippen LogP contribution in [0.1, 0.15) is 30.3 Å². The summed E-state index contributed by atoms with van der Waals surface area (Å²) in [4.78, 5) is 26.5. The van der Waals surface area contributed by atoms with Crippen LogP contribution in [0.2, 0.25) is 0 Å². The second kappa shape index (κ2) is 8.11. The van der Waals surface area contributed by atoms with Crippen LogP contribution in [-0.2, 0) is 4.79 Å². The summed E-state index contributed by atoms with van der Waals surface area (Å²) in [5, 5.41) is 6.51. The van der Waals surface area contributed by atoms with Crippen molar-refractivity contribution in [1.82, 2.24) is 15.4 Å². The van der Waals surface area contributed by atoms with E-state index in [1.165, 1.54) is 6.07 Å². The van der Waals surface area contributed by atoms with Gasteiger partial charge < -0.3 is 24.2 Å². The van der Waals surface area contributed by atoms with Gasteiger partial charge in [0, 0.05) is 19.2 Å². The molecule has 2 heterocycles. The highest BCUT2D eigenvalue weighted by atomic mass is 16.5. The van der Waals surface area contributed by atoms with Crippen molar-refractivity contribution in [3.63, 3.8) is 0 Å². The highest BCUT2D eigenvalue weighted by molar-refractivity contribution is 5.96. The molecule has 8 heteroatoms. The Balaban J connectivity index is 1.73. The van der Waals surface area contributed by atoms with E-state index in [2.05, 4.69) is 10.5 Å². The minimum atomic E-state index is -0.623. The molecule has 1 aliphatic rings. The van der Waals surface area contributed by atoms with Crippen molar-refractivity contribution < 1.29 is 23.6 Å². The lowest BCUT2D eigenvalue weighted by Gasteiger charge is -2.20. The second-order valence-electron chi connectivity index (χ2n) is 6.37. The first-order chi connectivity index (χ1) is 13.0. The maximum Gasteiger partial charge on any atom is 0.274 e. The first-order valence-corrected chi connectivity index (χ1v) is 8.82. The summed E-state index contributed by atoms with van der Waals surface area (Å²) < 4.78 is 15.9. The van der Waals surface area contributed by atoms with Gasteiger partial charge in [-0.2, -0.15) is 0 Å². The number of likely N-dealkylation sites (tertiary alicyclic amines) is 1. The zero-order chi connectivity index (χ0) is 19.4. The standard InChI is InChI=1S/C19H23N3O5/c1-12(19(24)22-8-4-5-9-22)20-18(23)15-11-17(27-21-15)14-10-13(25-2)6-7-16(14)26-3/h6-7,10-12H,4-5,8-9H2,1-3H3,(H,20,23). The number of benzene rings is 1. The number of hydrogen-bond donors (Lipinski definition) is 1. The van der Waals surface area contributed by atoms with E-state index in [4.69, 9.17) is 14.0 Å². The number of methoxy groups -OCH3 is 2. The fraction of sp³-hybridized carbons (Fsp3) is 0.421. The topological polar surface area (TPSA) is 93.9 Å². The van der Waals surface area contributed by atoms with Crippen molar-refractivity contribution in [2.24, 2.45) is 0 Å². The van der Waals surface area contributed by atoms with Crippen LogP contribution >= 0.6 is 0 Å². The number of ether oxygens (including phenoxy) is 2. The van der Waals surface area contributed by atoms with Gasteiger partial charge in [-0.15, -0.1) is 0 Å². The lowest BCUT2D eigenvalue weighted by atomic mass is 10.1. The highest BCUT2D eigenvalue weighted by Crippen LogP contribution is 2.33. The summed E-state index contributed by atoms with van der Waals surface area (Å²) in [6, 6.07) is 6.13. The molecule has 1 aliphatic heterocycles. The lowest BCUT2D eigenvalue weighted by molar-refractivity contribution is -0.131. The van der Waals surface area contributed by atoms with Crippen LogP contribution in [0.15, 0.2) is 28.8 Å². The molecular weight excluding hydrogens is 350 g/mol. The van der Waals surface area contributed by atoms with Gasteiger partial charge in [0.1, 0.15) is 17.5 Å². The molecule has 1 unspecified atom stereocenters. The molecule has 2 amide bonds. The SMILES string of the molecule is COc1ccc(OC)c(-c2cc(C(=O)NC(C)C(=O)N3CCCC3)no2)c1. The number of carbonyl (C=O) groups excluding carboxylic acids is 2. The van der Waals surface area contributed by atoms with Crippen molar-refractivity contribution in [3.8, 4) is 22.8 Å². The Morgan fingerprint density at radius 1 is 1.19 bits per heavy atom. The molecule has 0 bridgehead atoms. The molecule has 1 aromatic carbocycles. The van der Waals surface area contributed by atoms with E-state index in [-0.39, 0.29) is 11.6 Å². The number of rotatable bonds is 6. The van der Waals surface area contributed by atoms with Crippen molar-refractivity contribution in [3.05, 3.63) is 30.0 Å². The Morgan fingerprint density at radius 2 is 1.93 bits per heavy atom. The summed E-state index contributed by atoms with van der Waals surface area (Å²) in [5.74, 6) is 1.01. The molecule has 0 saturated carbocycles. The van der Waals surface area contributed by atoms with Gasteiger partial charge >= 0.3 is 0 Å². The molecular formula is C19H23N3O5. The van der Waals surface area contributed by atoms with Gasteiger partial charge in [0.25, 0.3) is 5.91 Å². The highest BCUT2D eigenvalue weighted by Gasteiger charge is 2.26. The van der Waals surface area contributed by atoms with Crippen LogP contribution in [-0.4, -0.2) is 55.2 Å². The predicted octanol–water partition coefficient (Wildman–Crippen LogP) is 2.10. The summed E-state index contributed by atoms with van der Waals surface area (Å²) >= 11 is 0. The molecule has 0 radical (unpaired) electrons. The Kier molecular flexibility index (Phi) is 5.63. The van der Waals surface area contributed by atoms with E-state index in [0.717, 1.165) is 25.9 Å². The third kappa shape index (κ3) is 4.05. The summed E-state index contributed by atoms with van der Waals surface area (Å²) in [7, 11) is 3.10. The van der Waals surface area contributed by atoms with E-state index in [1.807, 2.05) is 0 Å². The number of aromatic nitrogens is 1. The molecule has 27 heavy (non-hydrogen) atoms. The summed E-state index contributed by atoms with van der Waals surface area (Å²) in [6.45, 7) is 3.15. The molecule has 1 N–H and O–H groups in total. The Morgan fingerprint density at radius 3 is 2.59 bits per heavy atom. The first kappa shape index (κ1) is 18.8. The number of hydrogen-bond acceptors (Lipinski definition) is 6. The van der Waals surface area contributed by atoms with Crippen molar-refractivity contribution >= 4 is 11.8 Å². The van der Waals surface area contributed by atoms with Gasteiger partial charge in [0.05, 0.1) is 19.8 Å². The number of nitrogens with zero attached hydrogens (tertiary/aromatic N) is 2. The van der Waals surface area contributed by atoms with E-state index < -0.39 is 11.9 Å². The van der Waals surface area contributed by atoms with Crippen LogP contribution in [0.5, 0.6) is 11.5 Å². The monoisotopic (exact) mass is 373 g/mol. The Labute approximate surface area is 157 Å². The van der Waals surface area contributed by atoms with Gasteiger partial charge in [-0.3, -0.25) is 9.59 Å². The lowest BCUT2D eigenvalue weighted by Crippen LogP contribution is -2.46. The second-order valence-corrected chi connectivity index (χ2v) is 6.37. The number of carbonyl (C=O) groups is 2. The van der Waals surface area contributed by atoms with Crippen molar-refractivity contribution in [1.29, 1.82) is 0 Å². The summed E-state index contributed by atoms with van der Waals surface area (Å²) in [6.07, 6.45) is 2.00. The predicted molar refractivity (Wildman–Crippen MR) is 97.8 cm³/mol. The largest absolute Gasteiger partial charge is 0.497 e. The van der Waals surface area contributed by atoms with Crippen LogP contribution in [0.3, 0.4) is 0 Å². The molecule has 1 fully saturated rings. The zero-order valence-electron chi connectivity index (χ0n) is 15.7. The van der Waals surface area contributed by atoms with E-state index in [9.17, 15) is 9.59 Å². The molecule has 1 atom stereocenters. The molecule has 0 aliphatic carbocycles. The first-order valence-electron chi connectivity index (χ1n) is 8.82. The Bertz CT molecular complexity index is 827. The third-order valence-corrected chi connectivity index (χ3v) is 4.55. The van der Waals surface area contributed by atoms with Gasteiger partial charge in [0.15, 0.2) is 11.5 Å². The molecule has 144 valence electrons. The minimum absolute atomic E-state index is 0.0842. The van der Waals surface area contributed by atoms with Crippen LogP contribution < -0.4 is 14.8 Å². The van der Waals surface area contributed by atoms with Crippen LogP contribution in [0.4, 0.5) is 0 Å². The average Bonchev–Trinajstić information content (AvgIpc) is 3.38. The average molecular weight is 373 g/mol. The maximum atomic E-state index is 12.4. The van der Waals surface area contributed by atoms with E-state index in [0.29, 0.717) is 22.8 Å². The molecule has 1 saturated heterocycles.